The number of aryl methyl sites for hydroxylation is 1. The first-order valence-electron chi connectivity index (χ1n) is 7.96. The Bertz CT molecular complexity index is 1030. The average Bonchev–Trinajstić information content (AvgIpc) is 2.97. The maximum Gasteiger partial charge on any atom is 0.341 e. The molecule has 4 nitrogen and oxygen atoms in total. The zero-order valence-electron chi connectivity index (χ0n) is 14.5. The number of benzene rings is 2. The van der Waals surface area contributed by atoms with Crippen molar-refractivity contribution < 1.29 is 18.7 Å². The van der Waals surface area contributed by atoms with Gasteiger partial charge in [0.05, 0.1) is 12.7 Å². The highest BCUT2D eigenvalue weighted by atomic mass is 35.5. The van der Waals surface area contributed by atoms with Crippen molar-refractivity contribution in [1.29, 1.82) is 0 Å². The Balaban J connectivity index is 2.09. The van der Waals surface area contributed by atoms with Crippen molar-refractivity contribution in [1.82, 2.24) is 0 Å². The van der Waals surface area contributed by atoms with Crippen LogP contribution in [0.25, 0.3) is 11.1 Å². The number of amides is 1. The minimum Gasteiger partial charge on any atom is -0.465 e. The predicted molar refractivity (Wildman–Crippen MR) is 105 cm³/mol. The number of ether oxygens (including phenoxy) is 1. The molecule has 1 heterocycles. The van der Waals surface area contributed by atoms with E-state index in [1.807, 2.05) is 13.0 Å². The van der Waals surface area contributed by atoms with E-state index in [0.29, 0.717) is 15.6 Å². The van der Waals surface area contributed by atoms with Crippen LogP contribution in [0.5, 0.6) is 0 Å². The second kappa shape index (κ2) is 7.90. The lowest BCUT2D eigenvalue weighted by Crippen LogP contribution is -2.15. The molecule has 0 unspecified atom stereocenters. The van der Waals surface area contributed by atoms with Crippen LogP contribution in [-0.4, -0.2) is 19.0 Å². The molecule has 7 heteroatoms. The molecule has 0 aliphatic carbocycles. The van der Waals surface area contributed by atoms with Crippen LogP contribution in [0.2, 0.25) is 5.02 Å². The van der Waals surface area contributed by atoms with Crippen LogP contribution in [-0.2, 0) is 4.74 Å². The van der Waals surface area contributed by atoms with Crippen LogP contribution in [0, 0.1) is 12.7 Å². The fourth-order valence-corrected chi connectivity index (χ4v) is 3.99. The molecule has 0 spiro atoms. The molecule has 0 saturated heterocycles. The van der Waals surface area contributed by atoms with E-state index in [9.17, 15) is 14.0 Å². The van der Waals surface area contributed by atoms with E-state index in [2.05, 4.69) is 5.32 Å². The molecule has 27 heavy (non-hydrogen) atoms. The van der Waals surface area contributed by atoms with Gasteiger partial charge in [0.15, 0.2) is 0 Å². The summed E-state index contributed by atoms with van der Waals surface area (Å²) in [6.07, 6.45) is 0. The fourth-order valence-electron chi connectivity index (χ4n) is 2.74. The van der Waals surface area contributed by atoms with Crippen molar-refractivity contribution in [2.45, 2.75) is 6.92 Å². The molecule has 3 rings (SSSR count). The highest BCUT2D eigenvalue weighted by Gasteiger charge is 2.26. The highest BCUT2D eigenvalue weighted by molar-refractivity contribution is 7.17. The van der Waals surface area contributed by atoms with E-state index >= 15 is 0 Å². The molecule has 138 valence electrons. The van der Waals surface area contributed by atoms with E-state index in [-0.39, 0.29) is 11.1 Å². The van der Waals surface area contributed by atoms with E-state index in [0.717, 1.165) is 10.4 Å². The number of carbonyl (C=O) groups is 2. The van der Waals surface area contributed by atoms with E-state index in [4.69, 9.17) is 16.3 Å². The molecule has 0 aliphatic heterocycles. The molecule has 0 saturated carbocycles. The fraction of sp³-hybridized carbons (Fsp3) is 0.100. The van der Waals surface area contributed by atoms with Gasteiger partial charge < -0.3 is 10.1 Å². The van der Waals surface area contributed by atoms with Crippen LogP contribution < -0.4 is 5.32 Å². The predicted octanol–water partition coefficient (Wildman–Crippen LogP) is 5.55. The Morgan fingerprint density at radius 2 is 1.89 bits per heavy atom. The summed E-state index contributed by atoms with van der Waals surface area (Å²) >= 11 is 7.29. The van der Waals surface area contributed by atoms with Gasteiger partial charge in [0.25, 0.3) is 5.91 Å². The van der Waals surface area contributed by atoms with Gasteiger partial charge in [0.2, 0.25) is 0 Å². The molecule has 2 aromatic carbocycles. The molecule has 0 bridgehead atoms. The lowest BCUT2D eigenvalue weighted by atomic mass is 10.0. The molecule has 1 aromatic heterocycles. The summed E-state index contributed by atoms with van der Waals surface area (Å²) < 4.78 is 18.8. The Hall–Kier alpha value is -2.70. The van der Waals surface area contributed by atoms with Gasteiger partial charge in [0, 0.05) is 15.5 Å². The monoisotopic (exact) mass is 403 g/mol. The Morgan fingerprint density at radius 3 is 2.56 bits per heavy atom. The molecule has 0 aliphatic rings. The first-order valence-corrected chi connectivity index (χ1v) is 9.15. The van der Waals surface area contributed by atoms with Crippen molar-refractivity contribution >= 4 is 39.8 Å². The van der Waals surface area contributed by atoms with Gasteiger partial charge in [-0.1, -0.05) is 35.9 Å². The Morgan fingerprint density at radius 1 is 1.15 bits per heavy atom. The van der Waals surface area contributed by atoms with Crippen molar-refractivity contribution in [2.24, 2.45) is 0 Å². The largest absolute Gasteiger partial charge is 0.465 e. The lowest BCUT2D eigenvalue weighted by molar-refractivity contribution is 0.0603. The van der Waals surface area contributed by atoms with Gasteiger partial charge in [-0.15, -0.1) is 11.3 Å². The van der Waals surface area contributed by atoms with Gasteiger partial charge in [-0.25, -0.2) is 9.18 Å². The molecule has 0 atom stereocenters. The van der Waals surface area contributed by atoms with Crippen LogP contribution in [0.15, 0.2) is 48.5 Å². The highest BCUT2D eigenvalue weighted by Crippen LogP contribution is 2.41. The number of hydrogen-bond acceptors (Lipinski definition) is 4. The number of thiophene rings is 1. The molecular formula is C20H15ClFNO3S. The number of hydrogen-bond donors (Lipinski definition) is 1. The van der Waals surface area contributed by atoms with Crippen LogP contribution in [0.4, 0.5) is 9.39 Å². The topological polar surface area (TPSA) is 55.4 Å². The third kappa shape index (κ3) is 3.86. The van der Waals surface area contributed by atoms with Gasteiger partial charge >= 0.3 is 5.97 Å². The zero-order chi connectivity index (χ0) is 19.6. The molecule has 1 amide bonds. The number of halogens is 2. The average molecular weight is 404 g/mol. The van der Waals surface area contributed by atoms with E-state index in [1.165, 1.54) is 36.6 Å². The molecular weight excluding hydrogens is 389 g/mol. The summed E-state index contributed by atoms with van der Waals surface area (Å²) in [5.41, 5.74) is 1.46. The lowest BCUT2D eigenvalue weighted by Gasteiger charge is -2.09. The van der Waals surface area contributed by atoms with Crippen molar-refractivity contribution in [3.8, 4) is 11.1 Å². The standard InChI is InChI=1S/C20H15ClFNO3S/c1-11-16(12-6-5-7-13(21)10-12)17(20(25)26-2)19(27-11)23-18(24)14-8-3-4-9-15(14)22/h3-10H,1-2H3,(H,23,24). The normalized spacial score (nSPS) is 10.5. The Kier molecular flexibility index (Phi) is 5.58. The molecule has 0 radical (unpaired) electrons. The summed E-state index contributed by atoms with van der Waals surface area (Å²) in [5, 5.41) is 3.45. The van der Waals surface area contributed by atoms with Gasteiger partial charge in [-0.05, 0) is 36.8 Å². The summed E-state index contributed by atoms with van der Waals surface area (Å²) in [7, 11) is 1.26. The third-order valence-corrected chi connectivity index (χ3v) is 5.19. The molecule has 3 aromatic rings. The van der Waals surface area contributed by atoms with Crippen LogP contribution >= 0.6 is 22.9 Å². The summed E-state index contributed by atoms with van der Waals surface area (Å²) in [4.78, 5) is 25.7. The smallest absolute Gasteiger partial charge is 0.341 e. The minimum absolute atomic E-state index is 0.108. The van der Waals surface area contributed by atoms with Crippen LogP contribution in [0.3, 0.4) is 0 Å². The quantitative estimate of drug-likeness (QED) is 0.580. The number of methoxy groups -OCH3 is 1. The first kappa shape index (κ1) is 19.1. The maximum atomic E-state index is 13.9. The number of nitrogens with one attached hydrogen (secondary N) is 1. The second-order valence-electron chi connectivity index (χ2n) is 5.67. The molecule has 1 N–H and O–H groups in total. The zero-order valence-corrected chi connectivity index (χ0v) is 16.1. The van der Waals surface area contributed by atoms with Crippen molar-refractivity contribution in [3.63, 3.8) is 0 Å². The first-order chi connectivity index (χ1) is 12.9. The van der Waals surface area contributed by atoms with Crippen molar-refractivity contribution in [2.75, 3.05) is 12.4 Å². The summed E-state index contributed by atoms with van der Waals surface area (Å²) in [6.45, 7) is 1.83. The number of anilines is 1. The number of rotatable bonds is 4. The maximum absolute atomic E-state index is 13.9. The summed E-state index contributed by atoms with van der Waals surface area (Å²) in [5.74, 6) is -1.88. The SMILES string of the molecule is COC(=O)c1c(NC(=O)c2ccccc2F)sc(C)c1-c1cccc(Cl)c1. The Labute approximate surface area is 164 Å². The number of carbonyl (C=O) groups excluding carboxylic acids is 2. The van der Waals surface area contributed by atoms with Gasteiger partial charge in [-0.3, -0.25) is 4.79 Å². The molecule has 0 fully saturated rings. The number of esters is 1. The van der Waals surface area contributed by atoms with Gasteiger partial charge in [0.1, 0.15) is 16.4 Å². The van der Waals surface area contributed by atoms with Crippen LogP contribution in [0.1, 0.15) is 25.6 Å². The third-order valence-electron chi connectivity index (χ3n) is 3.93. The van der Waals surface area contributed by atoms with E-state index in [1.54, 1.807) is 24.3 Å². The second-order valence-corrected chi connectivity index (χ2v) is 7.33. The van der Waals surface area contributed by atoms with Crippen molar-refractivity contribution in [3.05, 3.63) is 75.4 Å². The van der Waals surface area contributed by atoms with E-state index < -0.39 is 17.7 Å². The summed E-state index contributed by atoms with van der Waals surface area (Å²) in [6, 6.07) is 12.7. The minimum atomic E-state index is -0.642. The van der Waals surface area contributed by atoms with Gasteiger partial charge in [-0.2, -0.15) is 0 Å².